The maximum Gasteiger partial charge on any atom is 0.315 e. The third kappa shape index (κ3) is 2.85. The van der Waals surface area contributed by atoms with Gasteiger partial charge in [0, 0.05) is 11.3 Å². The zero-order valence-electron chi connectivity index (χ0n) is 10.1. The van der Waals surface area contributed by atoms with E-state index >= 15 is 0 Å². The van der Waals surface area contributed by atoms with Crippen LogP contribution in [0.1, 0.15) is 22.8 Å². The van der Waals surface area contributed by atoms with Crippen molar-refractivity contribution in [3.05, 3.63) is 29.3 Å². The Hall–Kier alpha value is -2.37. The van der Waals surface area contributed by atoms with Gasteiger partial charge in [0.05, 0.1) is 0 Å². The van der Waals surface area contributed by atoms with Gasteiger partial charge in [0.25, 0.3) is 0 Å². The second kappa shape index (κ2) is 5.31. The molecule has 0 aliphatic rings. The van der Waals surface area contributed by atoms with Crippen molar-refractivity contribution in [2.75, 3.05) is 5.32 Å². The number of hydrogen-bond acceptors (Lipinski definition) is 3. The Morgan fingerprint density at radius 3 is 2.44 bits per heavy atom. The summed E-state index contributed by atoms with van der Waals surface area (Å²) in [7, 11) is 0. The average molecular weight is 250 g/mol. The highest BCUT2D eigenvalue weighted by Crippen LogP contribution is 2.19. The highest BCUT2D eigenvalue weighted by atomic mass is 16.4. The van der Waals surface area contributed by atoms with Gasteiger partial charge in [-0.25, -0.2) is 0 Å². The number of anilines is 1. The van der Waals surface area contributed by atoms with Crippen LogP contribution in [0.4, 0.5) is 5.69 Å². The molecule has 0 radical (unpaired) electrons. The van der Waals surface area contributed by atoms with Crippen molar-refractivity contribution in [1.29, 1.82) is 0 Å². The molecule has 0 aliphatic heterocycles. The first kappa shape index (κ1) is 13.7. The predicted octanol–water partition coefficient (Wildman–Crippen LogP) is 0.753. The quantitative estimate of drug-likeness (QED) is 0.685. The molecule has 0 spiro atoms. The van der Waals surface area contributed by atoms with Gasteiger partial charge in [-0.05, 0) is 31.5 Å². The van der Waals surface area contributed by atoms with E-state index in [0.29, 0.717) is 11.3 Å². The molecule has 1 atom stereocenters. The largest absolute Gasteiger partial charge is 0.481 e. The number of amides is 2. The number of carboxylic acids is 1. The molecule has 1 aromatic rings. The lowest BCUT2D eigenvalue weighted by Crippen LogP contribution is -2.27. The summed E-state index contributed by atoms with van der Waals surface area (Å²) < 4.78 is 0. The van der Waals surface area contributed by atoms with E-state index in [1.165, 1.54) is 13.0 Å². The minimum absolute atomic E-state index is 0.288. The molecule has 0 aromatic heterocycles. The Labute approximate surface area is 104 Å². The standard InChI is InChI=1S/C12H14N2O4/c1-6-8(10(13)15)4-3-5-9(6)14-11(16)7(2)12(17)18/h3-5,7H,1-2H3,(H2,13,15)(H,14,16)(H,17,18). The molecule has 1 unspecified atom stereocenters. The number of aliphatic carboxylic acids is 1. The number of nitrogens with one attached hydrogen (secondary N) is 1. The van der Waals surface area contributed by atoms with Crippen LogP contribution < -0.4 is 11.1 Å². The number of carboxylic acid groups (broad SMARTS) is 1. The molecule has 0 bridgehead atoms. The Balaban J connectivity index is 2.99. The summed E-state index contributed by atoms with van der Waals surface area (Å²) in [5.41, 5.74) is 6.35. The van der Waals surface area contributed by atoms with Crippen LogP contribution in [0.2, 0.25) is 0 Å². The highest BCUT2D eigenvalue weighted by Gasteiger charge is 2.21. The van der Waals surface area contributed by atoms with Crippen LogP contribution in [0, 0.1) is 12.8 Å². The molecular formula is C12H14N2O4. The number of nitrogens with two attached hydrogens (primary N) is 1. The van der Waals surface area contributed by atoms with Crippen molar-refractivity contribution < 1.29 is 19.5 Å². The maximum atomic E-state index is 11.6. The van der Waals surface area contributed by atoms with Gasteiger partial charge >= 0.3 is 5.97 Å². The molecule has 18 heavy (non-hydrogen) atoms. The lowest BCUT2D eigenvalue weighted by Gasteiger charge is -2.12. The van der Waals surface area contributed by atoms with Crippen LogP contribution in [0.3, 0.4) is 0 Å². The normalized spacial score (nSPS) is 11.7. The van der Waals surface area contributed by atoms with Gasteiger partial charge in [-0.15, -0.1) is 0 Å². The van der Waals surface area contributed by atoms with Gasteiger partial charge in [0.2, 0.25) is 11.8 Å². The zero-order chi connectivity index (χ0) is 13.9. The number of carbonyl (C=O) groups excluding carboxylic acids is 2. The fraction of sp³-hybridized carbons (Fsp3) is 0.250. The second-order valence-electron chi connectivity index (χ2n) is 3.89. The minimum atomic E-state index is -1.21. The van der Waals surface area contributed by atoms with Crippen molar-refractivity contribution in [2.24, 2.45) is 11.7 Å². The summed E-state index contributed by atoms with van der Waals surface area (Å²) in [6, 6.07) is 4.68. The Morgan fingerprint density at radius 1 is 1.33 bits per heavy atom. The molecule has 1 aromatic carbocycles. The second-order valence-corrected chi connectivity index (χ2v) is 3.89. The summed E-state index contributed by atoms with van der Waals surface area (Å²) in [5.74, 6) is -3.63. The first-order valence-corrected chi connectivity index (χ1v) is 5.27. The smallest absolute Gasteiger partial charge is 0.315 e. The molecule has 4 N–H and O–H groups in total. The molecule has 96 valence electrons. The molecule has 0 fully saturated rings. The number of rotatable bonds is 4. The van der Waals surface area contributed by atoms with Crippen LogP contribution in [0.15, 0.2) is 18.2 Å². The third-order valence-electron chi connectivity index (χ3n) is 2.62. The van der Waals surface area contributed by atoms with Gasteiger partial charge in [0.1, 0.15) is 5.92 Å². The number of carbonyl (C=O) groups is 3. The van der Waals surface area contributed by atoms with Crippen LogP contribution in [0.25, 0.3) is 0 Å². The number of hydrogen-bond donors (Lipinski definition) is 3. The molecule has 0 aliphatic carbocycles. The molecule has 6 nitrogen and oxygen atoms in total. The maximum absolute atomic E-state index is 11.6. The molecule has 6 heteroatoms. The number of benzene rings is 1. The zero-order valence-corrected chi connectivity index (χ0v) is 10.1. The van der Waals surface area contributed by atoms with Crippen LogP contribution in [-0.2, 0) is 9.59 Å². The Morgan fingerprint density at radius 2 is 1.94 bits per heavy atom. The van der Waals surface area contributed by atoms with Gasteiger partial charge < -0.3 is 16.2 Å². The van der Waals surface area contributed by atoms with Crippen molar-refractivity contribution in [3.8, 4) is 0 Å². The monoisotopic (exact) mass is 250 g/mol. The van der Waals surface area contributed by atoms with E-state index in [0.717, 1.165) is 0 Å². The summed E-state index contributed by atoms with van der Waals surface area (Å²) in [4.78, 5) is 33.4. The van der Waals surface area contributed by atoms with Crippen LogP contribution in [-0.4, -0.2) is 22.9 Å². The summed E-state index contributed by atoms with van der Waals surface area (Å²) in [6.45, 7) is 2.91. The first-order valence-electron chi connectivity index (χ1n) is 5.27. The molecule has 0 heterocycles. The molecule has 2 amide bonds. The van der Waals surface area contributed by atoms with Crippen molar-refractivity contribution in [3.63, 3.8) is 0 Å². The lowest BCUT2D eigenvalue weighted by molar-refractivity contribution is -0.144. The number of primary amides is 1. The summed E-state index contributed by atoms with van der Waals surface area (Å²) >= 11 is 0. The van der Waals surface area contributed by atoms with Crippen molar-refractivity contribution in [1.82, 2.24) is 0 Å². The van der Waals surface area contributed by atoms with E-state index in [-0.39, 0.29) is 5.56 Å². The SMILES string of the molecule is Cc1c(NC(=O)C(C)C(=O)O)cccc1C(N)=O. The molecule has 0 saturated carbocycles. The fourth-order valence-corrected chi connectivity index (χ4v) is 1.39. The van der Waals surface area contributed by atoms with Gasteiger partial charge in [-0.1, -0.05) is 6.07 Å². The van der Waals surface area contributed by atoms with E-state index in [1.54, 1.807) is 19.1 Å². The summed E-state index contributed by atoms with van der Waals surface area (Å²) in [5, 5.41) is 11.2. The van der Waals surface area contributed by atoms with E-state index < -0.39 is 23.7 Å². The topological polar surface area (TPSA) is 109 Å². The lowest BCUT2D eigenvalue weighted by atomic mass is 10.1. The van der Waals surface area contributed by atoms with E-state index in [2.05, 4.69) is 5.32 Å². The van der Waals surface area contributed by atoms with Gasteiger partial charge in [-0.3, -0.25) is 14.4 Å². The fourth-order valence-electron chi connectivity index (χ4n) is 1.39. The van der Waals surface area contributed by atoms with Gasteiger partial charge in [-0.2, -0.15) is 0 Å². The Kier molecular flexibility index (Phi) is 4.04. The van der Waals surface area contributed by atoms with Gasteiger partial charge in [0.15, 0.2) is 0 Å². The van der Waals surface area contributed by atoms with Crippen LogP contribution in [0.5, 0.6) is 0 Å². The van der Waals surface area contributed by atoms with E-state index in [1.807, 2.05) is 0 Å². The van der Waals surface area contributed by atoms with Crippen molar-refractivity contribution in [2.45, 2.75) is 13.8 Å². The average Bonchev–Trinajstić information content (AvgIpc) is 2.30. The summed E-state index contributed by atoms with van der Waals surface area (Å²) in [6.07, 6.45) is 0. The molecular weight excluding hydrogens is 236 g/mol. The predicted molar refractivity (Wildman–Crippen MR) is 65.1 cm³/mol. The highest BCUT2D eigenvalue weighted by molar-refractivity contribution is 6.05. The minimum Gasteiger partial charge on any atom is -0.481 e. The van der Waals surface area contributed by atoms with Crippen molar-refractivity contribution >= 4 is 23.5 Å². The van der Waals surface area contributed by atoms with Crippen LogP contribution >= 0.6 is 0 Å². The Bertz CT molecular complexity index is 511. The molecule has 1 rings (SSSR count). The first-order chi connectivity index (χ1) is 8.34. The van der Waals surface area contributed by atoms with E-state index in [9.17, 15) is 14.4 Å². The van der Waals surface area contributed by atoms with E-state index in [4.69, 9.17) is 10.8 Å². The molecule has 0 saturated heterocycles. The third-order valence-corrected chi connectivity index (χ3v) is 2.62.